The molecular formula is C48H86N4O5. The van der Waals surface area contributed by atoms with Gasteiger partial charge >= 0.3 is 0 Å². The molecular weight excluding hydrogens is 713 g/mol. The van der Waals surface area contributed by atoms with Crippen LogP contribution in [0.4, 0.5) is 0 Å². The van der Waals surface area contributed by atoms with Crippen molar-refractivity contribution in [1.29, 1.82) is 0 Å². The van der Waals surface area contributed by atoms with Gasteiger partial charge in [-0.2, -0.15) is 0 Å². The van der Waals surface area contributed by atoms with Gasteiger partial charge in [-0.1, -0.05) is 89.9 Å². The Bertz CT molecular complexity index is 1330. The summed E-state index contributed by atoms with van der Waals surface area (Å²) in [7, 11) is 2.00. The van der Waals surface area contributed by atoms with Gasteiger partial charge in [0.15, 0.2) is 11.2 Å². The fourth-order valence-corrected chi connectivity index (χ4v) is 13.6. The minimum absolute atomic E-state index is 0.0720. The van der Waals surface area contributed by atoms with E-state index in [1.165, 1.54) is 77.0 Å². The second-order valence-corrected chi connectivity index (χ2v) is 22.7. The summed E-state index contributed by atoms with van der Waals surface area (Å²) in [5, 5.41) is 16.1. The molecule has 9 heteroatoms. The van der Waals surface area contributed by atoms with E-state index in [9.17, 15) is 9.90 Å². The van der Waals surface area contributed by atoms with Gasteiger partial charge in [-0.05, 0) is 107 Å². The molecule has 2 saturated carbocycles. The minimum atomic E-state index is -0.916. The van der Waals surface area contributed by atoms with Crippen molar-refractivity contribution in [3.05, 3.63) is 0 Å². The highest BCUT2D eigenvalue weighted by atomic mass is 16.6. The van der Waals surface area contributed by atoms with Gasteiger partial charge in [0.25, 0.3) is 11.8 Å². The number of likely N-dealkylation sites (tertiary alicyclic amines) is 1. The number of hydrogen-bond donors (Lipinski definition) is 2. The molecule has 0 aromatic heterocycles. The summed E-state index contributed by atoms with van der Waals surface area (Å²) in [6.07, 6.45) is 26.8. The number of piperidine rings is 2. The molecule has 0 bridgehead atoms. The van der Waals surface area contributed by atoms with Crippen LogP contribution >= 0.6 is 0 Å². The van der Waals surface area contributed by atoms with Crippen LogP contribution < -0.4 is 5.32 Å². The lowest BCUT2D eigenvalue weighted by atomic mass is 9.70. The van der Waals surface area contributed by atoms with Crippen LogP contribution in [0.3, 0.4) is 0 Å². The number of carbonyl (C=O) groups excluding carboxylic acids is 2. The number of aliphatic hydroxyl groups excluding tert-OH is 1. The first-order valence-electron chi connectivity index (χ1n) is 24.0. The molecule has 1 unspecified atom stereocenters. The van der Waals surface area contributed by atoms with Crippen molar-refractivity contribution in [1.82, 2.24) is 20.0 Å². The van der Waals surface area contributed by atoms with Crippen LogP contribution in [0.15, 0.2) is 0 Å². The molecule has 4 aliphatic heterocycles. The molecule has 0 aromatic rings. The van der Waals surface area contributed by atoms with E-state index in [4.69, 9.17) is 9.47 Å². The molecule has 6 aliphatic rings. The van der Waals surface area contributed by atoms with Gasteiger partial charge in [0.1, 0.15) is 11.4 Å². The van der Waals surface area contributed by atoms with Gasteiger partial charge < -0.3 is 29.7 Å². The van der Waals surface area contributed by atoms with Crippen LogP contribution in [0, 0.1) is 0 Å². The third-order valence-corrected chi connectivity index (χ3v) is 15.3. The smallest absolute Gasteiger partial charge is 0.257 e. The first-order chi connectivity index (χ1) is 26.7. The zero-order valence-corrected chi connectivity index (χ0v) is 38.3. The molecule has 4 heterocycles. The summed E-state index contributed by atoms with van der Waals surface area (Å²) in [6, 6.07) is 0. The lowest BCUT2D eigenvalue weighted by Gasteiger charge is -2.58. The van der Waals surface area contributed by atoms with Crippen molar-refractivity contribution in [2.45, 2.75) is 273 Å². The van der Waals surface area contributed by atoms with E-state index in [1.807, 2.05) is 16.8 Å². The maximum atomic E-state index is 15.2. The first kappa shape index (κ1) is 45.3. The standard InChI is InChI=1S/C48H86N4O5/c1-41(2)34-45(35-42(3,4)49-41)40(55)51(48(57-45)30-26-22-18-14-11-15-19-23-27-31-48)32-38(53)33-52-43(5,6)36-46(37-44(52,7)8)39(54)50(9)47(56-46)28-24-20-16-12-10-13-17-21-25-29-47/h38,49,53H,10-37H2,1-9H3. The van der Waals surface area contributed by atoms with Crippen molar-refractivity contribution in [2.75, 3.05) is 20.1 Å². The average molecular weight is 799 g/mol. The van der Waals surface area contributed by atoms with E-state index in [-0.39, 0.29) is 29.4 Å². The zero-order valence-electron chi connectivity index (χ0n) is 38.3. The largest absolute Gasteiger partial charge is 0.390 e. The van der Waals surface area contributed by atoms with E-state index in [0.29, 0.717) is 32.2 Å². The summed E-state index contributed by atoms with van der Waals surface area (Å²) in [4.78, 5) is 36.3. The van der Waals surface area contributed by atoms with E-state index in [2.05, 4.69) is 65.6 Å². The topological polar surface area (TPSA) is 94.6 Å². The van der Waals surface area contributed by atoms with Crippen LogP contribution in [-0.2, 0) is 19.1 Å². The normalized spacial score (nSPS) is 31.1. The van der Waals surface area contributed by atoms with E-state index in [1.54, 1.807) is 0 Å². The lowest BCUT2D eigenvalue weighted by molar-refractivity contribution is -0.203. The van der Waals surface area contributed by atoms with Gasteiger partial charge in [-0.25, -0.2) is 0 Å². The molecule has 4 saturated heterocycles. The number of nitrogens with zero attached hydrogens (tertiary/aromatic N) is 3. The van der Waals surface area contributed by atoms with Gasteiger partial charge in [0, 0.05) is 61.4 Å². The Balaban J connectivity index is 1.24. The third kappa shape index (κ3) is 9.79. The highest BCUT2D eigenvalue weighted by molar-refractivity contribution is 5.89. The third-order valence-electron chi connectivity index (χ3n) is 15.3. The van der Waals surface area contributed by atoms with Crippen LogP contribution in [0.5, 0.6) is 0 Å². The Hall–Kier alpha value is -1.26. The monoisotopic (exact) mass is 799 g/mol. The van der Waals surface area contributed by atoms with Gasteiger partial charge in [-0.3, -0.25) is 14.5 Å². The summed E-state index contributed by atoms with van der Waals surface area (Å²) >= 11 is 0. The van der Waals surface area contributed by atoms with E-state index in [0.717, 1.165) is 64.2 Å². The van der Waals surface area contributed by atoms with Crippen molar-refractivity contribution in [2.24, 2.45) is 0 Å². The Morgan fingerprint density at radius 3 is 1.30 bits per heavy atom. The van der Waals surface area contributed by atoms with E-state index < -0.39 is 39.8 Å². The zero-order chi connectivity index (χ0) is 41.4. The van der Waals surface area contributed by atoms with Gasteiger partial charge in [-0.15, -0.1) is 0 Å². The second-order valence-electron chi connectivity index (χ2n) is 22.7. The predicted molar refractivity (Wildman–Crippen MR) is 230 cm³/mol. The molecule has 6 rings (SSSR count). The molecule has 328 valence electrons. The lowest BCUT2D eigenvalue weighted by Crippen LogP contribution is -2.69. The van der Waals surface area contributed by atoms with Crippen molar-refractivity contribution in [3.63, 3.8) is 0 Å². The number of rotatable bonds is 4. The van der Waals surface area contributed by atoms with Crippen molar-refractivity contribution < 1.29 is 24.2 Å². The summed E-state index contributed by atoms with van der Waals surface area (Å²) < 4.78 is 14.8. The maximum absolute atomic E-state index is 15.2. The fraction of sp³-hybridized carbons (Fsp3) is 0.958. The Kier molecular flexibility index (Phi) is 13.7. The molecule has 0 aromatic carbocycles. The molecule has 0 radical (unpaired) electrons. The number of nitrogens with one attached hydrogen (secondary N) is 1. The van der Waals surface area contributed by atoms with Crippen molar-refractivity contribution in [3.8, 4) is 0 Å². The van der Waals surface area contributed by atoms with Crippen molar-refractivity contribution >= 4 is 11.8 Å². The molecule has 2 amide bonds. The number of aliphatic hydroxyl groups is 1. The highest BCUT2D eigenvalue weighted by Gasteiger charge is 2.67. The summed E-state index contributed by atoms with van der Waals surface area (Å²) in [5.41, 5.74) is -4.47. The molecule has 4 spiro atoms. The number of β-amino-alcohol motifs (C(OH)–C–C–N with tert-alkyl or cyclic N) is 1. The van der Waals surface area contributed by atoms with E-state index >= 15 is 4.79 Å². The number of likely N-dealkylation sites (N-methyl/N-ethyl adjacent to an activating group) is 1. The number of amides is 2. The minimum Gasteiger partial charge on any atom is -0.390 e. The second kappa shape index (κ2) is 17.2. The van der Waals surface area contributed by atoms with Gasteiger partial charge in [0.05, 0.1) is 12.6 Å². The quantitative estimate of drug-likeness (QED) is 0.293. The van der Waals surface area contributed by atoms with Gasteiger partial charge in [0.2, 0.25) is 0 Å². The van der Waals surface area contributed by atoms with Crippen LogP contribution in [-0.4, -0.2) is 103 Å². The predicted octanol–water partition coefficient (Wildman–Crippen LogP) is 9.77. The van der Waals surface area contributed by atoms with Crippen LogP contribution in [0.25, 0.3) is 0 Å². The number of ether oxygens (including phenoxy) is 2. The van der Waals surface area contributed by atoms with Crippen LogP contribution in [0.1, 0.15) is 222 Å². The molecule has 2 N–H and O–H groups in total. The molecule has 6 fully saturated rings. The molecule has 1 atom stereocenters. The Labute approximate surface area is 348 Å². The molecule has 9 nitrogen and oxygen atoms in total. The summed E-state index contributed by atoms with van der Waals surface area (Å²) in [5.74, 6) is 0.209. The Morgan fingerprint density at radius 1 is 0.526 bits per heavy atom. The fourth-order valence-electron chi connectivity index (χ4n) is 13.6. The Morgan fingerprint density at radius 2 is 0.877 bits per heavy atom. The highest BCUT2D eigenvalue weighted by Crippen LogP contribution is 2.54. The molecule has 57 heavy (non-hydrogen) atoms. The summed E-state index contributed by atoms with van der Waals surface area (Å²) in [6.45, 7) is 18.4. The molecule has 2 aliphatic carbocycles. The maximum Gasteiger partial charge on any atom is 0.257 e. The average Bonchev–Trinajstić information content (AvgIpc) is 3.39. The van der Waals surface area contributed by atoms with Crippen LogP contribution in [0.2, 0.25) is 0 Å². The first-order valence-corrected chi connectivity index (χ1v) is 24.0. The SMILES string of the molecule is CN1C(=O)C2(CC(C)(C)N(CC(O)CN3C(=O)C4(CC(C)(C)NC(C)(C)C4)OC34CCCCCCCCCCC4)C(C)(C)C2)OC12CCCCCCCCCCC2. The number of hydrogen-bond acceptors (Lipinski definition) is 7. The number of carbonyl (C=O) groups is 2.